The summed E-state index contributed by atoms with van der Waals surface area (Å²) in [6.07, 6.45) is 5.45. The highest BCUT2D eigenvalue weighted by Gasteiger charge is 2.40. The van der Waals surface area contributed by atoms with Gasteiger partial charge in [0.1, 0.15) is 0 Å². The number of hydrogen-bond acceptors (Lipinski definition) is 2. The van der Waals surface area contributed by atoms with Crippen LogP contribution in [0.15, 0.2) is 0 Å². The van der Waals surface area contributed by atoms with E-state index in [2.05, 4.69) is 5.32 Å². The molecule has 0 spiro atoms. The molecule has 1 saturated heterocycles. The zero-order valence-electron chi connectivity index (χ0n) is 7.21. The fourth-order valence-corrected chi connectivity index (χ4v) is 2.44. The van der Waals surface area contributed by atoms with Crippen molar-refractivity contribution in [2.24, 2.45) is 11.7 Å². The third-order valence-corrected chi connectivity index (χ3v) is 3.10. The van der Waals surface area contributed by atoms with Crippen molar-refractivity contribution in [2.75, 3.05) is 13.1 Å². The molecule has 2 fully saturated rings. The Bertz CT molecular complexity index is 139. The van der Waals surface area contributed by atoms with E-state index in [0.717, 1.165) is 12.5 Å². The van der Waals surface area contributed by atoms with E-state index in [0.29, 0.717) is 5.54 Å². The highest BCUT2D eigenvalue weighted by molar-refractivity contribution is 5.85. The normalized spacial score (nSPS) is 38.2. The van der Waals surface area contributed by atoms with Crippen LogP contribution in [-0.4, -0.2) is 18.6 Å². The van der Waals surface area contributed by atoms with E-state index < -0.39 is 0 Å². The lowest BCUT2D eigenvalue weighted by atomic mass is 9.80. The maximum atomic E-state index is 5.71. The second-order valence-corrected chi connectivity index (χ2v) is 3.83. The van der Waals surface area contributed by atoms with E-state index in [1.54, 1.807) is 0 Å². The van der Waals surface area contributed by atoms with E-state index in [1.165, 1.54) is 32.2 Å². The van der Waals surface area contributed by atoms with Gasteiger partial charge >= 0.3 is 0 Å². The molecule has 0 aromatic heterocycles. The predicted molar refractivity (Wildman–Crippen MR) is 56.2 cm³/mol. The Morgan fingerprint density at radius 3 is 2.75 bits per heavy atom. The molecule has 2 nitrogen and oxygen atoms in total. The van der Waals surface area contributed by atoms with Crippen LogP contribution in [-0.2, 0) is 0 Å². The number of nitrogens with two attached hydrogens (primary N) is 1. The van der Waals surface area contributed by atoms with Crippen LogP contribution >= 0.6 is 24.8 Å². The van der Waals surface area contributed by atoms with E-state index in [9.17, 15) is 0 Å². The number of nitrogens with one attached hydrogen (secondary N) is 1. The van der Waals surface area contributed by atoms with Crippen LogP contribution in [0.4, 0.5) is 0 Å². The zero-order chi connectivity index (χ0) is 7.03. The lowest BCUT2D eigenvalue weighted by molar-refractivity contribution is 0.291. The molecule has 12 heavy (non-hydrogen) atoms. The fraction of sp³-hybridized carbons (Fsp3) is 1.00. The van der Waals surface area contributed by atoms with Gasteiger partial charge in [-0.25, -0.2) is 0 Å². The molecular weight excluding hydrogens is 195 g/mol. The first-order chi connectivity index (χ1) is 4.85. The highest BCUT2D eigenvalue weighted by Crippen LogP contribution is 2.36. The number of hydrogen-bond donors (Lipinski definition) is 2. The number of halogens is 2. The minimum absolute atomic E-state index is 0. The van der Waals surface area contributed by atoms with Gasteiger partial charge in [0.05, 0.1) is 0 Å². The van der Waals surface area contributed by atoms with Gasteiger partial charge in [-0.1, -0.05) is 6.42 Å². The third kappa shape index (κ3) is 2.05. The first-order valence-corrected chi connectivity index (χ1v) is 4.30. The van der Waals surface area contributed by atoms with E-state index in [1.807, 2.05) is 0 Å². The molecule has 3 N–H and O–H groups in total. The predicted octanol–water partition coefficient (Wildman–Crippen LogP) is 1.32. The van der Waals surface area contributed by atoms with E-state index >= 15 is 0 Å². The molecule has 0 radical (unpaired) electrons. The van der Waals surface area contributed by atoms with Gasteiger partial charge in [0.15, 0.2) is 0 Å². The Morgan fingerprint density at radius 1 is 1.42 bits per heavy atom. The molecule has 2 rings (SSSR count). The highest BCUT2D eigenvalue weighted by atomic mass is 35.5. The molecule has 1 saturated carbocycles. The lowest BCUT2D eigenvalue weighted by Gasteiger charge is -2.31. The maximum absolute atomic E-state index is 5.71. The smallest absolute Gasteiger partial charge is 0.0307 e. The maximum Gasteiger partial charge on any atom is 0.0307 e. The second-order valence-electron chi connectivity index (χ2n) is 3.83. The molecule has 2 unspecified atom stereocenters. The van der Waals surface area contributed by atoms with Crippen molar-refractivity contribution in [3.63, 3.8) is 0 Å². The van der Waals surface area contributed by atoms with Crippen molar-refractivity contribution in [3.05, 3.63) is 0 Å². The van der Waals surface area contributed by atoms with Crippen LogP contribution in [0.25, 0.3) is 0 Å². The first-order valence-electron chi connectivity index (χ1n) is 4.30. The summed E-state index contributed by atoms with van der Waals surface area (Å²) in [6.45, 7) is 2.06. The van der Waals surface area contributed by atoms with Crippen LogP contribution in [0.3, 0.4) is 0 Å². The monoisotopic (exact) mass is 212 g/mol. The van der Waals surface area contributed by atoms with Gasteiger partial charge < -0.3 is 11.1 Å². The van der Waals surface area contributed by atoms with Crippen molar-refractivity contribution >= 4 is 24.8 Å². The standard InChI is InChI=1S/C8H16N2.2ClH/c9-6-8-3-1-2-7(4-8)5-10-8;;/h7,10H,1-6,9H2;2*1H. The Kier molecular flexibility index (Phi) is 4.85. The van der Waals surface area contributed by atoms with E-state index in [4.69, 9.17) is 5.73 Å². The summed E-state index contributed by atoms with van der Waals surface area (Å²) in [4.78, 5) is 0. The molecule has 0 aromatic rings. The Labute approximate surface area is 86.5 Å². The third-order valence-electron chi connectivity index (χ3n) is 3.10. The van der Waals surface area contributed by atoms with Gasteiger partial charge in [-0.15, -0.1) is 24.8 Å². The SMILES string of the molecule is Cl.Cl.NCC12CCCC(CN1)C2. The van der Waals surface area contributed by atoms with Crippen molar-refractivity contribution in [3.8, 4) is 0 Å². The van der Waals surface area contributed by atoms with Crippen molar-refractivity contribution in [1.29, 1.82) is 0 Å². The molecule has 4 heteroatoms. The summed E-state index contributed by atoms with van der Waals surface area (Å²) in [5.41, 5.74) is 6.08. The molecule has 74 valence electrons. The topological polar surface area (TPSA) is 38.0 Å². The Morgan fingerprint density at radius 2 is 2.17 bits per heavy atom. The van der Waals surface area contributed by atoms with Crippen molar-refractivity contribution in [1.82, 2.24) is 5.32 Å². The molecule has 2 aliphatic rings. The molecule has 1 aliphatic carbocycles. The molecule has 1 heterocycles. The molecule has 2 bridgehead atoms. The average molecular weight is 213 g/mol. The van der Waals surface area contributed by atoms with E-state index in [-0.39, 0.29) is 24.8 Å². The summed E-state index contributed by atoms with van der Waals surface area (Å²) in [7, 11) is 0. The Hall–Kier alpha value is 0.500. The first kappa shape index (κ1) is 12.5. The average Bonchev–Trinajstić information content (AvgIpc) is 2.29. The van der Waals surface area contributed by atoms with Gasteiger partial charge in [0.2, 0.25) is 0 Å². The summed E-state index contributed by atoms with van der Waals surface area (Å²) < 4.78 is 0. The summed E-state index contributed by atoms with van der Waals surface area (Å²) in [5, 5.41) is 3.56. The van der Waals surface area contributed by atoms with Gasteiger partial charge in [-0.2, -0.15) is 0 Å². The summed E-state index contributed by atoms with van der Waals surface area (Å²) >= 11 is 0. The second kappa shape index (κ2) is 4.66. The van der Waals surface area contributed by atoms with Crippen LogP contribution in [0.1, 0.15) is 25.7 Å². The number of fused-ring (bicyclic) bond motifs is 2. The molecular formula is C8H18Cl2N2. The van der Waals surface area contributed by atoms with Crippen LogP contribution in [0.2, 0.25) is 0 Å². The van der Waals surface area contributed by atoms with Crippen molar-refractivity contribution in [2.45, 2.75) is 31.2 Å². The van der Waals surface area contributed by atoms with Crippen LogP contribution in [0.5, 0.6) is 0 Å². The molecule has 0 aromatic carbocycles. The quantitative estimate of drug-likeness (QED) is 0.689. The van der Waals surface area contributed by atoms with Crippen LogP contribution in [0, 0.1) is 5.92 Å². The Balaban J connectivity index is 0.000000605. The van der Waals surface area contributed by atoms with Gasteiger partial charge in [-0.05, 0) is 31.7 Å². The zero-order valence-corrected chi connectivity index (χ0v) is 8.85. The molecule has 1 aliphatic heterocycles. The largest absolute Gasteiger partial charge is 0.329 e. The van der Waals surface area contributed by atoms with Crippen LogP contribution < -0.4 is 11.1 Å². The van der Waals surface area contributed by atoms with Crippen molar-refractivity contribution < 1.29 is 0 Å². The van der Waals surface area contributed by atoms with Gasteiger partial charge in [0.25, 0.3) is 0 Å². The summed E-state index contributed by atoms with van der Waals surface area (Å²) in [6, 6.07) is 0. The molecule has 2 atom stereocenters. The fourth-order valence-electron chi connectivity index (χ4n) is 2.44. The summed E-state index contributed by atoms with van der Waals surface area (Å²) in [5.74, 6) is 0.942. The minimum Gasteiger partial charge on any atom is -0.329 e. The molecule has 0 amide bonds. The van der Waals surface area contributed by atoms with Gasteiger partial charge in [-0.3, -0.25) is 0 Å². The van der Waals surface area contributed by atoms with Gasteiger partial charge in [0, 0.05) is 12.1 Å². The minimum atomic E-state index is 0. The number of rotatable bonds is 1. The lowest BCUT2D eigenvalue weighted by Crippen LogP contribution is -2.46.